The first-order valence-electron chi connectivity index (χ1n) is 11.5. The van der Waals surface area contributed by atoms with Crippen molar-refractivity contribution in [1.82, 2.24) is 5.32 Å². The summed E-state index contributed by atoms with van der Waals surface area (Å²) >= 11 is 0. The van der Waals surface area contributed by atoms with Gasteiger partial charge in [-0.15, -0.1) is 0 Å². The SMILES string of the molecule is CC(Cc1cccc(-c2ccccc2)c1)OC(=O)[C@H](C)NC(=O)OC(C)(C)C.OCC1CC1. The van der Waals surface area contributed by atoms with Crippen LogP contribution in [0.5, 0.6) is 0 Å². The Bertz CT molecular complexity index is 887. The summed E-state index contributed by atoms with van der Waals surface area (Å²) in [6, 6.07) is 17.5. The number of esters is 1. The molecular formula is C27H37NO5. The molecule has 180 valence electrons. The van der Waals surface area contributed by atoms with Gasteiger partial charge in [0.15, 0.2) is 0 Å². The number of carbonyl (C=O) groups excluding carboxylic acids is 2. The van der Waals surface area contributed by atoms with Gasteiger partial charge in [0.1, 0.15) is 17.7 Å². The highest BCUT2D eigenvalue weighted by Gasteiger charge is 2.23. The highest BCUT2D eigenvalue weighted by molar-refractivity contribution is 5.81. The fourth-order valence-electron chi connectivity index (χ4n) is 3.03. The minimum atomic E-state index is -0.784. The number of hydrogen-bond donors (Lipinski definition) is 2. The summed E-state index contributed by atoms with van der Waals surface area (Å²) in [6.07, 6.45) is 2.15. The van der Waals surface area contributed by atoms with Crippen LogP contribution in [0.3, 0.4) is 0 Å². The third-order valence-corrected chi connectivity index (χ3v) is 4.92. The van der Waals surface area contributed by atoms with Crippen LogP contribution in [0.2, 0.25) is 0 Å². The molecular weight excluding hydrogens is 418 g/mol. The van der Waals surface area contributed by atoms with Gasteiger partial charge < -0.3 is 19.9 Å². The molecule has 1 amide bonds. The van der Waals surface area contributed by atoms with E-state index in [-0.39, 0.29) is 6.10 Å². The van der Waals surface area contributed by atoms with E-state index in [2.05, 4.69) is 29.6 Å². The number of hydrogen-bond acceptors (Lipinski definition) is 5. The molecule has 0 bridgehead atoms. The monoisotopic (exact) mass is 455 g/mol. The molecule has 33 heavy (non-hydrogen) atoms. The van der Waals surface area contributed by atoms with Gasteiger partial charge in [0.2, 0.25) is 0 Å². The van der Waals surface area contributed by atoms with Crippen molar-refractivity contribution in [3.8, 4) is 11.1 Å². The molecule has 0 saturated heterocycles. The van der Waals surface area contributed by atoms with Gasteiger partial charge in [-0.3, -0.25) is 0 Å². The second-order valence-corrected chi connectivity index (χ2v) is 9.51. The van der Waals surface area contributed by atoms with E-state index < -0.39 is 23.7 Å². The zero-order valence-electron chi connectivity index (χ0n) is 20.3. The smallest absolute Gasteiger partial charge is 0.408 e. The number of benzene rings is 2. The van der Waals surface area contributed by atoms with Gasteiger partial charge in [0, 0.05) is 13.0 Å². The number of nitrogens with one attached hydrogen (secondary N) is 1. The van der Waals surface area contributed by atoms with Crippen molar-refractivity contribution in [1.29, 1.82) is 0 Å². The van der Waals surface area contributed by atoms with E-state index in [1.54, 1.807) is 27.7 Å². The maximum Gasteiger partial charge on any atom is 0.408 e. The molecule has 2 atom stereocenters. The third kappa shape index (κ3) is 10.5. The molecule has 2 aromatic rings. The molecule has 2 N–H and O–H groups in total. The number of carbonyl (C=O) groups is 2. The van der Waals surface area contributed by atoms with Crippen molar-refractivity contribution in [2.75, 3.05) is 6.61 Å². The van der Waals surface area contributed by atoms with E-state index in [0.29, 0.717) is 18.9 Å². The van der Waals surface area contributed by atoms with E-state index in [4.69, 9.17) is 14.6 Å². The van der Waals surface area contributed by atoms with Crippen LogP contribution in [0.25, 0.3) is 11.1 Å². The Morgan fingerprint density at radius 2 is 1.67 bits per heavy atom. The Morgan fingerprint density at radius 1 is 1.03 bits per heavy atom. The number of amides is 1. The van der Waals surface area contributed by atoms with E-state index in [1.165, 1.54) is 12.8 Å². The quantitative estimate of drug-likeness (QED) is 0.566. The predicted molar refractivity (Wildman–Crippen MR) is 130 cm³/mol. The molecule has 2 aromatic carbocycles. The lowest BCUT2D eigenvalue weighted by Gasteiger charge is -2.22. The summed E-state index contributed by atoms with van der Waals surface area (Å²) in [6.45, 7) is 9.13. The summed E-state index contributed by atoms with van der Waals surface area (Å²) in [5, 5.41) is 10.7. The second kappa shape index (κ2) is 12.4. The lowest BCUT2D eigenvalue weighted by atomic mass is 10.0. The second-order valence-electron chi connectivity index (χ2n) is 9.51. The maximum atomic E-state index is 12.2. The van der Waals surface area contributed by atoms with Crippen molar-refractivity contribution >= 4 is 12.1 Å². The Morgan fingerprint density at radius 3 is 2.21 bits per heavy atom. The van der Waals surface area contributed by atoms with Crippen LogP contribution < -0.4 is 5.32 Å². The topological polar surface area (TPSA) is 84.9 Å². The van der Waals surface area contributed by atoms with Gasteiger partial charge in [0.25, 0.3) is 0 Å². The van der Waals surface area contributed by atoms with Crippen LogP contribution in [-0.2, 0) is 20.7 Å². The van der Waals surface area contributed by atoms with Crippen LogP contribution in [0.15, 0.2) is 54.6 Å². The largest absolute Gasteiger partial charge is 0.461 e. The van der Waals surface area contributed by atoms with E-state index >= 15 is 0 Å². The minimum Gasteiger partial charge on any atom is -0.461 e. The Kier molecular flexibility index (Phi) is 9.92. The van der Waals surface area contributed by atoms with Crippen molar-refractivity contribution in [2.24, 2.45) is 5.92 Å². The number of rotatable bonds is 7. The number of aliphatic hydroxyl groups excluding tert-OH is 1. The van der Waals surface area contributed by atoms with Crippen molar-refractivity contribution in [2.45, 2.75) is 71.6 Å². The molecule has 0 aliphatic heterocycles. The fourth-order valence-corrected chi connectivity index (χ4v) is 3.03. The Labute approximate surface area is 197 Å². The highest BCUT2D eigenvalue weighted by atomic mass is 16.6. The first-order chi connectivity index (χ1) is 15.6. The molecule has 1 aliphatic rings. The van der Waals surface area contributed by atoms with Gasteiger partial charge in [-0.25, -0.2) is 9.59 Å². The van der Waals surface area contributed by atoms with E-state index in [0.717, 1.165) is 16.7 Å². The number of aliphatic hydroxyl groups is 1. The molecule has 0 aromatic heterocycles. The van der Waals surface area contributed by atoms with E-state index in [1.807, 2.05) is 37.3 Å². The average Bonchev–Trinajstić information content (AvgIpc) is 3.58. The summed E-state index contributed by atoms with van der Waals surface area (Å²) < 4.78 is 10.6. The molecule has 0 heterocycles. The zero-order valence-corrected chi connectivity index (χ0v) is 20.3. The van der Waals surface area contributed by atoms with Crippen molar-refractivity contribution in [3.63, 3.8) is 0 Å². The van der Waals surface area contributed by atoms with Gasteiger partial charge in [0.05, 0.1) is 0 Å². The first kappa shape index (κ1) is 26.4. The molecule has 6 nitrogen and oxygen atoms in total. The molecule has 0 spiro atoms. The molecule has 1 saturated carbocycles. The van der Waals surface area contributed by atoms with Gasteiger partial charge in [-0.05, 0) is 70.1 Å². The molecule has 1 fully saturated rings. The number of ether oxygens (including phenoxy) is 2. The molecule has 1 aliphatic carbocycles. The Hall–Kier alpha value is -2.86. The third-order valence-electron chi connectivity index (χ3n) is 4.92. The van der Waals surface area contributed by atoms with Crippen LogP contribution >= 0.6 is 0 Å². The van der Waals surface area contributed by atoms with Gasteiger partial charge in [-0.2, -0.15) is 0 Å². The normalized spacial score (nSPS) is 14.8. The van der Waals surface area contributed by atoms with Crippen LogP contribution in [0.1, 0.15) is 53.0 Å². The van der Waals surface area contributed by atoms with Crippen molar-refractivity contribution < 1.29 is 24.2 Å². The molecule has 3 rings (SSSR count). The standard InChI is InChI=1S/C23H29NO4.C4H8O/c1-16(27-21(25)17(2)24-22(26)28-23(3,4)5)14-18-10-9-13-20(15-18)19-11-7-6-8-12-19;5-3-4-1-2-4/h6-13,15-17H,14H2,1-5H3,(H,24,26);4-5H,1-3H2/t16?,17-;/m0./s1. The summed E-state index contributed by atoms with van der Waals surface area (Å²) in [5.41, 5.74) is 2.72. The molecule has 1 unspecified atom stereocenters. The summed E-state index contributed by atoms with van der Waals surface area (Å²) in [4.78, 5) is 24.0. The minimum absolute atomic E-state index is 0.318. The Balaban J connectivity index is 0.000000678. The highest BCUT2D eigenvalue weighted by Crippen LogP contribution is 2.27. The maximum absolute atomic E-state index is 12.2. The fraction of sp³-hybridized carbons (Fsp3) is 0.481. The van der Waals surface area contributed by atoms with E-state index in [9.17, 15) is 9.59 Å². The lowest BCUT2D eigenvalue weighted by Crippen LogP contribution is -2.43. The van der Waals surface area contributed by atoms with Crippen LogP contribution in [0, 0.1) is 5.92 Å². The van der Waals surface area contributed by atoms with Gasteiger partial charge >= 0.3 is 12.1 Å². The molecule has 6 heteroatoms. The summed E-state index contributed by atoms with van der Waals surface area (Å²) in [7, 11) is 0. The zero-order chi connectivity index (χ0) is 24.4. The first-order valence-corrected chi connectivity index (χ1v) is 11.5. The molecule has 0 radical (unpaired) electrons. The summed E-state index contributed by atoms with van der Waals surface area (Å²) in [5.74, 6) is 0.201. The predicted octanol–water partition coefficient (Wildman–Crippen LogP) is 5.13. The van der Waals surface area contributed by atoms with Crippen LogP contribution in [0.4, 0.5) is 4.79 Å². The van der Waals surface area contributed by atoms with Crippen molar-refractivity contribution in [3.05, 3.63) is 60.2 Å². The number of alkyl carbamates (subject to hydrolysis) is 1. The average molecular weight is 456 g/mol. The van der Waals surface area contributed by atoms with Crippen LogP contribution in [-0.4, -0.2) is 41.5 Å². The van der Waals surface area contributed by atoms with Gasteiger partial charge in [-0.1, -0.05) is 54.6 Å². The lowest BCUT2D eigenvalue weighted by molar-refractivity contribution is -0.150.